The van der Waals surface area contributed by atoms with E-state index in [-0.39, 0.29) is 13.0 Å². The van der Waals surface area contributed by atoms with E-state index in [9.17, 15) is 5.11 Å². The Kier molecular flexibility index (Phi) is 3.96. The van der Waals surface area contributed by atoms with Crippen LogP contribution in [0.15, 0.2) is 24.3 Å². The molecule has 14 heavy (non-hydrogen) atoms. The minimum absolute atomic E-state index is 0.103. The van der Waals surface area contributed by atoms with Crippen LogP contribution in [0.25, 0.3) is 0 Å². The summed E-state index contributed by atoms with van der Waals surface area (Å²) in [5.74, 6) is 0.754. The predicted octanol–water partition coefficient (Wildman–Crippen LogP) is 1.65. The van der Waals surface area contributed by atoms with Crippen molar-refractivity contribution in [3.8, 4) is 11.8 Å². The molecule has 0 aliphatic carbocycles. The van der Waals surface area contributed by atoms with Crippen LogP contribution in [0.1, 0.15) is 12.0 Å². The molecule has 1 atom stereocenters. The number of ether oxygens (including phenoxy) is 1. The van der Waals surface area contributed by atoms with Crippen LogP contribution in [-0.4, -0.2) is 17.8 Å². The van der Waals surface area contributed by atoms with E-state index < -0.39 is 6.10 Å². The standard InChI is InChI=1S/C11H13NO2/c1-9-4-2-3-5-11(9)14-8-10(13)6-7-12/h2-5,10,13H,6,8H2,1H3/t10-/m0/s1. The first kappa shape index (κ1) is 10.6. The fraction of sp³-hybridized carbons (Fsp3) is 0.364. The molecule has 3 heteroatoms. The Morgan fingerprint density at radius 2 is 2.21 bits per heavy atom. The molecular formula is C11H13NO2. The highest BCUT2D eigenvalue weighted by Crippen LogP contribution is 2.16. The van der Waals surface area contributed by atoms with Gasteiger partial charge in [0.15, 0.2) is 0 Å². The number of para-hydroxylation sites is 1. The first-order chi connectivity index (χ1) is 6.74. The third-order valence-corrected chi connectivity index (χ3v) is 1.85. The first-order valence-corrected chi connectivity index (χ1v) is 4.47. The van der Waals surface area contributed by atoms with E-state index >= 15 is 0 Å². The largest absolute Gasteiger partial charge is 0.491 e. The monoisotopic (exact) mass is 191 g/mol. The molecule has 0 saturated heterocycles. The van der Waals surface area contributed by atoms with E-state index in [1.54, 1.807) is 0 Å². The van der Waals surface area contributed by atoms with E-state index in [0.717, 1.165) is 11.3 Å². The van der Waals surface area contributed by atoms with Crippen molar-refractivity contribution in [2.24, 2.45) is 0 Å². The molecule has 74 valence electrons. The number of hydrogen-bond donors (Lipinski definition) is 1. The fourth-order valence-corrected chi connectivity index (χ4v) is 1.07. The highest BCUT2D eigenvalue weighted by molar-refractivity contribution is 5.31. The number of aliphatic hydroxyl groups is 1. The molecular weight excluding hydrogens is 178 g/mol. The van der Waals surface area contributed by atoms with Gasteiger partial charge in [0.1, 0.15) is 18.5 Å². The molecule has 1 rings (SSSR count). The maximum absolute atomic E-state index is 9.25. The summed E-state index contributed by atoms with van der Waals surface area (Å²) >= 11 is 0. The van der Waals surface area contributed by atoms with Crippen LogP contribution in [0, 0.1) is 18.3 Å². The van der Waals surface area contributed by atoms with Crippen LogP contribution in [-0.2, 0) is 0 Å². The third kappa shape index (κ3) is 3.08. The van der Waals surface area contributed by atoms with Gasteiger partial charge in [-0.25, -0.2) is 0 Å². The minimum atomic E-state index is -0.709. The third-order valence-electron chi connectivity index (χ3n) is 1.85. The number of benzene rings is 1. The normalized spacial score (nSPS) is 11.8. The Balaban J connectivity index is 2.46. The summed E-state index contributed by atoms with van der Waals surface area (Å²) in [6.07, 6.45) is -0.606. The van der Waals surface area contributed by atoms with Crippen molar-refractivity contribution in [2.45, 2.75) is 19.4 Å². The molecule has 0 aromatic heterocycles. The van der Waals surface area contributed by atoms with Gasteiger partial charge in [0, 0.05) is 0 Å². The van der Waals surface area contributed by atoms with Crippen molar-refractivity contribution < 1.29 is 9.84 Å². The number of aryl methyl sites for hydroxylation is 1. The second-order valence-corrected chi connectivity index (χ2v) is 3.09. The summed E-state index contributed by atoms with van der Waals surface area (Å²) in [4.78, 5) is 0. The van der Waals surface area contributed by atoms with Crippen molar-refractivity contribution in [3.05, 3.63) is 29.8 Å². The average molecular weight is 191 g/mol. The average Bonchev–Trinajstić information content (AvgIpc) is 2.17. The van der Waals surface area contributed by atoms with Gasteiger partial charge in [0.05, 0.1) is 12.5 Å². The van der Waals surface area contributed by atoms with Crippen molar-refractivity contribution in [2.75, 3.05) is 6.61 Å². The highest BCUT2D eigenvalue weighted by Gasteiger charge is 2.04. The highest BCUT2D eigenvalue weighted by atomic mass is 16.5. The second kappa shape index (κ2) is 5.25. The molecule has 0 aliphatic rings. The van der Waals surface area contributed by atoms with E-state index in [4.69, 9.17) is 10.00 Å². The van der Waals surface area contributed by atoms with Gasteiger partial charge in [0.2, 0.25) is 0 Å². The molecule has 1 aromatic rings. The van der Waals surface area contributed by atoms with E-state index in [1.165, 1.54) is 0 Å². The van der Waals surface area contributed by atoms with Crippen molar-refractivity contribution in [1.82, 2.24) is 0 Å². The topological polar surface area (TPSA) is 53.2 Å². The fourth-order valence-electron chi connectivity index (χ4n) is 1.07. The molecule has 0 amide bonds. The lowest BCUT2D eigenvalue weighted by molar-refractivity contribution is 0.111. The zero-order valence-corrected chi connectivity index (χ0v) is 8.10. The number of nitriles is 1. The maximum atomic E-state index is 9.25. The molecule has 0 radical (unpaired) electrons. The Bertz CT molecular complexity index is 330. The summed E-state index contributed by atoms with van der Waals surface area (Å²) in [7, 11) is 0. The number of nitrogens with zero attached hydrogens (tertiary/aromatic N) is 1. The first-order valence-electron chi connectivity index (χ1n) is 4.47. The van der Waals surface area contributed by atoms with Crippen LogP contribution in [0.5, 0.6) is 5.75 Å². The van der Waals surface area contributed by atoms with Gasteiger partial charge >= 0.3 is 0 Å². The van der Waals surface area contributed by atoms with Gasteiger partial charge in [-0.15, -0.1) is 0 Å². The molecule has 0 unspecified atom stereocenters. The Morgan fingerprint density at radius 3 is 2.86 bits per heavy atom. The summed E-state index contributed by atoms with van der Waals surface area (Å²) in [5, 5.41) is 17.6. The molecule has 0 spiro atoms. The van der Waals surface area contributed by atoms with Crippen molar-refractivity contribution in [1.29, 1.82) is 5.26 Å². The molecule has 0 heterocycles. The molecule has 0 saturated carbocycles. The predicted molar refractivity (Wildman–Crippen MR) is 52.9 cm³/mol. The second-order valence-electron chi connectivity index (χ2n) is 3.09. The lowest BCUT2D eigenvalue weighted by atomic mass is 10.2. The van der Waals surface area contributed by atoms with Crippen molar-refractivity contribution >= 4 is 0 Å². The van der Waals surface area contributed by atoms with Crippen LogP contribution in [0.4, 0.5) is 0 Å². The molecule has 0 aliphatic heterocycles. The Hall–Kier alpha value is -1.53. The smallest absolute Gasteiger partial charge is 0.122 e. The quantitative estimate of drug-likeness (QED) is 0.787. The van der Waals surface area contributed by atoms with Crippen LogP contribution < -0.4 is 4.74 Å². The molecule has 0 bridgehead atoms. The van der Waals surface area contributed by atoms with Crippen LogP contribution in [0.2, 0.25) is 0 Å². The van der Waals surface area contributed by atoms with Gasteiger partial charge in [-0.1, -0.05) is 18.2 Å². The number of rotatable bonds is 4. The number of aliphatic hydroxyl groups excluding tert-OH is 1. The van der Waals surface area contributed by atoms with E-state index in [0.29, 0.717) is 0 Å². The van der Waals surface area contributed by atoms with Gasteiger partial charge in [-0.05, 0) is 18.6 Å². The van der Waals surface area contributed by atoms with Gasteiger partial charge < -0.3 is 9.84 Å². The summed E-state index contributed by atoms with van der Waals surface area (Å²) in [5.41, 5.74) is 1.02. The van der Waals surface area contributed by atoms with Crippen LogP contribution in [0.3, 0.4) is 0 Å². The van der Waals surface area contributed by atoms with Gasteiger partial charge in [-0.3, -0.25) is 0 Å². The summed E-state index contributed by atoms with van der Waals surface area (Å²) in [6, 6.07) is 9.47. The lowest BCUT2D eigenvalue weighted by Gasteiger charge is -2.10. The zero-order chi connectivity index (χ0) is 10.4. The SMILES string of the molecule is Cc1ccccc1OC[C@@H](O)CC#N. The van der Waals surface area contributed by atoms with E-state index in [1.807, 2.05) is 37.3 Å². The minimum Gasteiger partial charge on any atom is -0.491 e. The van der Waals surface area contributed by atoms with Crippen molar-refractivity contribution in [3.63, 3.8) is 0 Å². The molecule has 3 nitrogen and oxygen atoms in total. The van der Waals surface area contributed by atoms with E-state index in [2.05, 4.69) is 0 Å². The molecule has 0 fully saturated rings. The van der Waals surface area contributed by atoms with Crippen LogP contribution >= 0.6 is 0 Å². The Morgan fingerprint density at radius 1 is 1.50 bits per heavy atom. The van der Waals surface area contributed by atoms with Gasteiger partial charge in [-0.2, -0.15) is 5.26 Å². The summed E-state index contributed by atoms with van der Waals surface area (Å²) < 4.78 is 5.35. The van der Waals surface area contributed by atoms with Gasteiger partial charge in [0.25, 0.3) is 0 Å². The maximum Gasteiger partial charge on any atom is 0.122 e. The zero-order valence-electron chi connectivity index (χ0n) is 8.10. The Labute approximate surface area is 83.6 Å². The number of hydrogen-bond acceptors (Lipinski definition) is 3. The lowest BCUT2D eigenvalue weighted by Crippen LogP contribution is -2.16. The molecule has 1 N–H and O–H groups in total. The molecule has 1 aromatic carbocycles. The summed E-state index contributed by atoms with van der Waals surface area (Å²) in [6.45, 7) is 2.10.